The van der Waals surface area contributed by atoms with E-state index in [9.17, 15) is 0 Å². The van der Waals surface area contributed by atoms with Gasteiger partial charge in [-0.3, -0.25) is 9.80 Å². The van der Waals surface area contributed by atoms with Gasteiger partial charge in [0.05, 0.1) is 0 Å². The van der Waals surface area contributed by atoms with Crippen LogP contribution in [0.3, 0.4) is 0 Å². The first-order valence-electron chi connectivity index (χ1n) is 22.0. The van der Waals surface area contributed by atoms with Crippen LogP contribution in [0, 0.1) is 33.0 Å². The van der Waals surface area contributed by atoms with Gasteiger partial charge in [0.2, 0.25) is 0 Å². The minimum atomic E-state index is -0.101. The van der Waals surface area contributed by atoms with E-state index in [2.05, 4.69) is 189 Å². The van der Waals surface area contributed by atoms with Crippen LogP contribution in [0.25, 0.3) is 0 Å². The van der Waals surface area contributed by atoms with E-state index >= 15 is 0 Å². The Bertz CT molecular complexity index is 1170. The van der Waals surface area contributed by atoms with Crippen LogP contribution in [0.2, 0.25) is 0 Å². The van der Waals surface area contributed by atoms with Gasteiger partial charge < -0.3 is 0 Å². The molecule has 0 saturated heterocycles. The van der Waals surface area contributed by atoms with Crippen molar-refractivity contribution < 1.29 is 0 Å². The molecule has 320 valence electrons. The Balaban J connectivity index is 5.42. The van der Waals surface area contributed by atoms with Crippen LogP contribution in [0.15, 0.2) is 35.8 Å². The second-order valence-corrected chi connectivity index (χ2v) is 25.6. The minimum absolute atomic E-state index is 0.0928. The molecule has 0 fully saturated rings. The van der Waals surface area contributed by atoms with Gasteiger partial charge in [-0.15, -0.1) is 11.8 Å². The van der Waals surface area contributed by atoms with Crippen molar-refractivity contribution in [1.29, 1.82) is 0 Å². The average Bonchev–Trinajstić information content (AvgIpc) is 2.94. The van der Waals surface area contributed by atoms with E-state index in [-0.39, 0.29) is 43.8 Å². The highest BCUT2D eigenvalue weighted by atomic mass is 32.2. The second kappa shape index (κ2) is 19.5. The summed E-state index contributed by atoms with van der Waals surface area (Å²) in [6.45, 7) is 71.4. The highest BCUT2D eigenvalue weighted by molar-refractivity contribution is 8.03. The van der Waals surface area contributed by atoms with E-state index in [4.69, 9.17) is 0 Å². The molecule has 0 aromatic carbocycles. The molecule has 0 rings (SSSR count). The van der Waals surface area contributed by atoms with Crippen LogP contribution < -0.4 is 0 Å². The third-order valence-electron chi connectivity index (χ3n) is 14.1. The summed E-state index contributed by atoms with van der Waals surface area (Å²) in [7, 11) is 0. The van der Waals surface area contributed by atoms with Gasteiger partial charge in [-0.1, -0.05) is 127 Å². The van der Waals surface area contributed by atoms with Gasteiger partial charge in [0.25, 0.3) is 0 Å². The smallest absolute Gasteiger partial charge is 0.0190 e. The zero-order valence-corrected chi connectivity index (χ0v) is 42.3. The van der Waals surface area contributed by atoms with Gasteiger partial charge in [0.1, 0.15) is 0 Å². The highest BCUT2D eigenvalue weighted by Gasteiger charge is 2.42. The molecule has 1 atom stereocenters. The summed E-state index contributed by atoms with van der Waals surface area (Å²) in [5, 5.41) is 0. The lowest BCUT2D eigenvalue weighted by Gasteiger charge is -2.52. The Morgan fingerprint density at radius 3 is 1.46 bits per heavy atom. The summed E-state index contributed by atoms with van der Waals surface area (Å²) in [6.07, 6.45) is 10.8. The zero-order valence-electron chi connectivity index (χ0n) is 41.5. The number of rotatable bonds is 24. The maximum absolute atomic E-state index is 4.65. The van der Waals surface area contributed by atoms with Crippen LogP contribution in [-0.4, -0.2) is 50.8 Å². The van der Waals surface area contributed by atoms with Crippen molar-refractivity contribution in [3.05, 3.63) is 35.8 Å². The fraction of sp³-hybridized carbons (Fsp3) is 0.882. The van der Waals surface area contributed by atoms with Gasteiger partial charge in [-0.05, 0) is 154 Å². The minimum Gasteiger partial charge on any atom is -0.292 e. The Morgan fingerprint density at radius 1 is 0.556 bits per heavy atom. The van der Waals surface area contributed by atoms with Crippen molar-refractivity contribution in [1.82, 2.24) is 9.80 Å². The predicted octanol–water partition coefficient (Wildman–Crippen LogP) is 16.4. The van der Waals surface area contributed by atoms with Gasteiger partial charge in [0, 0.05) is 46.4 Å². The first kappa shape index (κ1) is 53.5. The number of nitrogens with zero attached hydrogens (tertiary/aromatic N) is 2. The summed E-state index contributed by atoms with van der Waals surface area (Å²) in [5.41, 5.74) is 4.02. The fourth-order valence-corrected chi connectivity index (χ4v) is 10.4. The van der Waals surface area contributed by atoms with E-state index in [0.717, 1.165) is 25.3 Å². The van der Waals surface area contributed by atoms with E-state index in [1.165, 1.54) is 67.4 Å². The van der Waals surface area contributed by atoms with Crippen molar-refractivity contribution in [3.63, 3.8) is 0 Å². The maximum Gasteiger partial charge on any atom is 0.0190 e. The average molecular weight is 773 g/mol. The molecule has 0 aromatic rings. The largest absolute Gasteiger partial charge is 0.292 e. The Hall–Kier alpha value is -0.510. The van der Waals surface area contributed by atoms with Crippen LogP contribution in [0.5, 0.6) is 0 Å². The molecule has 0 N–H and O–H groups in total. The lowest BCUT2D eigenvalue weighted by atomic mass is 9.61. The lowest BCUT2D eigenvalue weighted by Crippen LogP contribution is -2.60. The molecular formula is C51H100N2S. The molecule has 2 nitrogen and oxygen atoms in total. The SMILES string of the molecule is C=C(CSC(=C)C(C)(C)C(=C)CCCC(C)(C)C(C)(C)CC(C)CC(C)(C)N(CCN(C(C)(C)C)C(C)(C)C)C(C)(C)C)C(C)(C)CCCC(C)(C)CC. The van der Waals surface area contributed by atoms with Crippen LogP contribution in [-0.2, 0) is 0 Å². The number of hydrogen-bond donors (Lipinski definition) is 0. The molecule has 0 spiro atoms. The molecule has 1 unspecified atom stereocenters. The zero-order chi connectivity index (χ0) is 43.2. The third kappa shape index (κ3) is 16.8. The first-order chi connectivity index (χ1) is 23.8. The van der Waals surface area contributed by atoms with Crippen molar-refractivity contribution in [2.45, 2.75) is 239 Å². The van der Waals surface area contributed by atoms with Gasteiger partial charge in [0.15, 0.2) is 0 Å². The molecule has 0 aromatic heterocycles. The number of allylic oxidation sites excluding steroid dienone is 2. The Morgan fingerprint density at radius 2 is 1.02 bits per heavy atom. The second-order valence-electron chi connectivity index (χ2n) is 24.6. The molecule has 0 heterocycles. The van der Waals surface area contributed by atoms with E-state index in [0.29, 0.717) is 11.3 Å². The molecule has 0 bridgehead atoms. The molecule has 54 heavy (non-hydrogen) atoms. The van der Waals surface area contributed by atoms with Crippen LogP contribution >= 0.6 is 11.8 Å². The third-order valence-corrected chi connectivity index (χ3v) is 15.4. The van der Waals surface area contributed by atoms with Gasteiger partial charge in [-0.25, -0.2) is 0 Å². The summed E-state index contributed by atoms with van der Waals surface area (Å²) >= 11 is 1.89. The molecule has 0 saturated carbocycles. The summed E-state index contributed by atoms with van der Waals surface area (Å²) in [6, 6.07) is 0. The van der Waals surface area contributed by atoms with Gasteiger partial charge in [-0.2, -0.15) is 0 Å². The molecule has 0 radical (unpaired) electrons. The fourth-order valence-electron chi connectivity index (χ4n) is 9.11. The van der Waals surface area contributed by atoms with E-state index < -0.39 is 0 Å². The quantitative estimate of drug-likeness (QED) is 0.0902. The van der Waals surface area contributed by atoms with E-state index in [1.807, 2.05) is 11.8 Å². The van der Waals surface area contributed by atoms with Crippen LogP contribution in [0.4, 0.5) is 0 Å². The highest BCUT2D eigenvalue weighted by Crippen LogP contribution is 2.49. The topological polar surface area (TPSA) is 6.48 Å². The Labute approximate surface area is 347 Å². The standard InChI is InChI=1S/C51H100N2S/c1-27-46(15,16)31-29-32-47(17,18)41(4)38-54-42(5)51(25,26)40(3)30-28-33-48(19,20)49(21,22)36-39(2)37-50(23,24)53(45(12,13)14)35-34-52(43(6,7)8)44(9,10)11/h39H,3-5,27-38H2,1-2,6-26H3. The van der Waals surface area contributed by atoms with Crippen molar-refractivity contribution in [2.24, 2.45) is 33.0 Å². The molecule has 0 aliphatic carbocycles. The molecule has 0 amide bonds. The summed E-state index contributed by atoms with van der Waals surface area (Å²) in [5.74, 6) is 1.56. The lowest BCUT2D eigenvalue weighted by molar-refractivity contribution is -0.0298. The van der Waals surface area contributed by atoms with Crippen molar-refractivity contribution >= 4 is 11.8 Å². The van der Waals surface area contributed by atoms with E-state index in [1.54, 1.807) is 0 Å². The molecular weight excluding hydrogens is 673 g/mol. The normalized spacial score (nSPS) is 15.3. The van der Waals surface area contributed by atoms with Crippen molar-refractivity contribution in [3.8, 4) is 0 Å². The Kier molecular flexibility index (Phi) is 19.3. The first-order valence-corrected chi connectivity index (χ1v) is 23.0. The van der Waals surface area contributed by atoms with Gasteiger partial charge >= 0.3 is 0 Å². The number of hydrogen-bond acceptors (Lipinski definition) is 3. The number of thioether (sulfide) groups is 1. The van der Waals surface area contributed by atoms with Crippen molar-refractivity contribution in [2.75, 3.05) is 18.8 Å². The summed E-state index contributed by atoms with van der Waals surface area (Å²) < 4.78 is 0. The van der Waals surface area contributed by atoms with Crippen LogP contribution in [0.1, 0.15) is 217 Å². The molecule has 3 heteroatoms. The monoisotopic (exact) mass is 773 g/mol. The molecule has 0 aliphatic rings. The predicted molar refractivity (Wildman–Crippen MR) is 252 cm³/mol. The maximum atomic E-state index is 4.65. The summed E-state index contributed by atoms with van der Waals surface area (Å²) in [4.78, 5) is 6.70. The molecule has 0 aliphatic heterocycles.